The second kappa shape index (κ2) is 8.57. The van der Waals surface area contributed by atoms with Crippen molar-refractivity contribution in [1.82, 2.24) is 0 Å². The van der Waals surface area contributed by atoms with Crippen LogP contribution in [0.25, 0.3) is 6.08 Å². The number of nitrogens with zero attached hydrogens (tertiary/aromatic N) is 1. The number of hydrogen-bond donors (Lipinski definition) is 1. The first-order valence-corrected chi connectivity index (χ1v) is 9.94. The van der Waals surface area contributed by atoms with Crippen molar-refractivity contribution in [3.8, 4) is 6.07 Å². The lowest BCUT2D eigenvalue weighted by molar-refractivity contribution is -0.138. The van der Waals surface area contributed by atoms with Crippen LogP contribution in [0.3, 0.4) is 0 Å². The van der Waals surface area contributed by atoms with Gasteiger partial charge in [0.05, 0.1) is 30.3 Å². The van der Waals surface area contributed by atoms with Gasteiger partial charge in [-0.25, -0.2) is 0 Å². The number of benzene rings is 2. The molecule has 0 spiro atoms. The van der Waals surface area contributed by atoms with Crippen LogP contribution in [0.1, 0.15) is 28.2 Å². The van der Waals surface area contributed by atoms with Crippen molar-refractivity contribution in [1.29, 1.82) is 5.26 Å². The van der Waals surface area contributed by atoms with E-state index in [1.807, 2.05) is 6.07 Å². The summed E-state index contributed by atoms with van der Waals surface area (Å²) in [6.45, 7) is -0.350. The van der Waals surface area contributed by atoms with Gasteiger partial charge in [-0.2, -0.15) is 31.6 Å². The molecule has 1 unspecified atom stereocenters. The van der Waals surface area contributed by atoms with Crippen molar-refractivity contribution in [3.05, 3.63) is 99.1 Å². The molecule has 4 nitrogen and oxygen atoms in total. The summed E-state index contributed by atoms with van der Waals surface area (Å²) in [6.07, 6.45) is -8.14. The van der Waals surface area contributed by atoms with E-state index in [-0.39, 0.29) is 46.8 Å². The van der Waals surface area contributed by atoms with Crippen molar-refractivity contribution in [2.75, 3.05) is 13.2 Å². The van der Waals surface area contributed by atoms with Gasteiger partial charge in [-0.15, -0.1) is 0 Å². The number of nitrogens with two attached hydrogens (primary N) is 1. The Labute approximate surface area is 190 Å². The summed E-state index contributed by atoms with van der Waals surface area (Å²) in [5.74, 6) is -1.66. The highest BCUT2D eigenvalue weighted by atomic mass is 19.4. The highest BCUT2D eigenvalue weighted by molar-refractivity contribution is 5.65. The molecule has 4 rings (SSSR count). The summed E-state index contributed by atoms with van der Waals surface area (Å²) in [4.78, 5) is 0. The highest BCUT2D eigenvalue weighted by Gasteiger charge is 2.42. The number of ether oxygens (including phenoxy) is 2. The number of hydrogen-bond acceptors (Lipinski definition) is 4. The van der Waals surface area contributed by atoms with Crippen LogP contribution in [0, 0.1) is 11.3 Å². The molecule has 2 heterocycles. The molecule has 0 radical (unpaired) electrons. The average molecular weight is 478 g/mol. The molecule has 0 aromatic heterocycles. The molecule has 0 amide bonds. The Morgan fingerprint density at radius 3 is 2.18 bits per heavy atom. The standard InChI is InChI=1S/C24H16F6N2O2/c25-23(26,27)18-7-3-1-5-13(18)9-14-11-33-12-17-20(16(10-31)22(32)34-21(14)17)15-6-2-4-8-19(15)24(28,29)30/h1-9,20H,11-12,32H2/b14-9+. The maximum atomic E-state index is 13.7. The van der Waals surface area contributed by atoms with Gasteiger partial charge in [0.2, 0.25) is 5.88 Å². The summed E-state index contributed by atoms with van der Waals surface area (Å²) >= 11 is 0. The molecule has 10 heteroatoms. The minimum absolute atomic E-state index is 0.00158. The molecule has 2 N–H and O–H groups in total. The van der Waals surface area contributed by atoms with Crippen molar-refractivity contribution in [3.63, 3.8) is 0 Å². The van der Waals surface area contributed by atoms with E-state index in [0.717, 1.165) is 12.1 Å². The highest BCUT2D eigenvalue weighted by Crippen LogP contribution is 2.47. The quantitative estimate of drug-likeness (QED) is 0.546. The van der Waals surface area contributed by atoms with E-state index < -0.39 is 35.3 Å². The van der Waals surface area contributed by atoms with E-state index in [4.69, 9.17) is 15.2 Å². The Kier molecular flexibility index (Phi) is 5.91. The van der Waals surface area contributed by atoms with Crippen molar-refractivity contribution in [2.24, 2.45) is 5.73 Å². The monoisotopic (exact) mass is 478 g/mol. The van der Waals surface area contributed by atoms with Gasteiger partial charge in [0.25, 0.3) is 0 Å². The Bertz CT molecular complexity index is 1270. The van der Waals surface area contributed by atoms with Gasteiger partial charge in [-0.1, -0.05) is 36.4 Å². The molecule has 0 saturated carbocycles. The largest absolute Gasteiger partial charge is 0.440 e. The Morgan fingerprint density at radius 1 is 0.912 bits per heavy atom. The van der Waals surface area contributed by atoms with Crippen LogP contribution >= 0.6 is 0 Å². The second-order valence-corrected chi connectivity index (χ2v) is 7.61. The summed E-state index contributed by atoms with van der Waals surface area (Å²) in [5, 5.41) is 9.65. The first kappa shape index (κ1) is 23.4. The van der Waals surface area contributed by atoms with Gasteiger partial charge in [0.1, 0.15) is 17.4 Å². The fourth-order valence-electron chi connectivity index (χ4n) is 4.08. The van der Waals surface area contributed by atoms with Crippen LogP contribution in [0.15, 0.2) is 76.9 Å². The molecule has 1 atom stereocenters. The average Bonchev–Trinajstić information content (AvgIpc) is 2.78. The molecule has 2 aliphatic rings. The molecule has 2 aliphatic heterocycles. The predicted molar refractivity (Wildman–Crippen MR) is 109 cm³/mol. The number of rotatable bonds is 2. The minimum Gasteiger partial charge on any atom is -0.440 e. The smallest absolute Gasteiger partial charge is 0.416 e. The van der Waals surface area contributed by atoms with Crippen LogP contribution in [-0.2, 0) is 21.8 Å². The first-order chi connectivity index (χ1) is 16.0. The van der Waals surface area contributed by atoms with E-state index in [0.29, 0.717) is 0 Å². The third kappa shape index (κ3) is 4.26. The first-order valence-electron chi connectivity index (χ1n) is 9.94. The molecule has 34 heavy (non-hydrogen) atoms. The van der Waals surface area contributed by atoms with Gasteiger partial charge in [0, 0.05) is 11.1 Å². The van der Waals surface area contributed by atoms with Crippen molar-refractivity contribution >= 4 is 6.08 Å². The van der Waals surface area contributed by atoms with E-state index in [1.165, 1.54) is 42.5 Å². The zero-order valence-electron chi connectivity index (χ0n) is 17.3. The second-order valence-electron chi connectivity index (χ2n) is 7.61. The number of allylic oxidation sites excluding steroid dienone is 1. The van der Waals surface area contributed by atoms with E-state index >= 15 is 0 Å². The lowest BCUT2D eigenvalue weighted by atomic mass is 9.79. The lowest BCUT2D eigenvalue weighted by Crippen LogP contribution is -2.29. The summed E-state index contributed by atoms with van der Waals surface area (Å²) in [7, 11) is 0. The maximum absolute atomic E-state index is 13.7. The zero-order chi connectivity index (χ0) is 24.7. The SMILES string of the molecule is N#CC1=C(N)OC2=C(COC/C2=C\c2ccccc2C(F)(F)F)C1c1ccccc1C(F)(F)F. The summed E-state index contributed by atoms with van der Waals surface area (Å²) in [6, 6.07) is 11.4. The maximum Gasteiger partial charge on any atom is 0.416 e. The van der Waals surface area contributed by atoms with Crippen LogP contribution in [0.4, 0.5) is 26.3 Å². The Hall–Kier alpha value is -3.71. The van der Waals surface area contributed by atoms with Crippen molar-refractivity contribution in [2.45, 2.75) is 18.3 Å². The van der Waals surface area contributed by atoms with Gasteiger partial charge >= 0.3 is 12.4 Å². The lowest BCUT2D eigenvalue weighted by Gasteiger charge is -2.34. The molecule has 0 bridgehead atoms. The fourth-order valence-corrected chi connectivity index (χ4v) is 4.08. The Morgan fingerprint density at radius 2 is 1.53 bits per heavy atom. The third-order valence-corrected chi connectivity index (χ3v) is 5.51. The van der Waals surface area contributed by atoms with E-state index in [1.54, 1.807) is 0 Å². The molecular weight excluding hydrogens is 462 g/mol. The van der Waals surface area contributed by atoms with E-state index in [2.05, 4.69) is 0 Å². The van der Waals surface area contributed by atoms with Gasteiger partial charge < -0.3 is 15.2 Å². The summed E-state index contributed by atoms with van der Waals surface area (Å²) < 4.78 is 92.7. The van der Waals surface area contributed by atoms with Crippen LogP contribution < -0.4 is 5.73 Å². The van der Waals surface area contributed by atoms with Crippen LogP contribution in [0.5, 0.6) is 0 Å². The number of nitriles is 1. The molecular formula is C24H16F6N2O2. The van der Waals surface area contributed by atoms with Gasteiger partial charge in [0.15, 0.2) is 0 Å². The fraction of sp³-hybridized carbons (Fsp3) is 0.208. The normalized spacial score (nSPS) is 20.1. The zero-order valence-corrected chi connectivity index (χ0v) is 17.3. The summed E-state index contributed by atoms with van der Waals surface area (Å²) in [5.41, 5.74) is 3.73. The predicted octanol–water partition coefficient (Wildman–Crippen LogP) is 5.90. The molecule has 0 aliphatic carbocycles. The van der Waals surface area contributed by atoms with Crippen LogP contribution in [-0.4, -0.2) is 13.2 Å². The molecule has 2 aromatic rings. The molecule has 2 aromatic carbocycles. The van der Waals surface area contributed by atoms with E-state index in [9.17, 15) is 31.6 Å². The topological polar surface area (TPSA) is 68.3 Å². The molecule has 0 fully saturated rings. The minimum atomic E-state index is -4.72. The molecule has 176 valence electrons. The third-order valence-electron chi connectivity index (χ3n) is 5.51. The number of alkyl halides is 6. The van der Waals surface area contributed by atoms with Crippen LogP contribution in [0.2, 0.25) is 0 Å². The number of halogens is 6. The van der Waals surface area contributed by atoms with Gasteiger partial charge in [-0.3, -0.25) is 0 Å². The Balaban J connectivity index is 1.91. The van der Waals surface area contributed by atoms with Crippen molar-refractivity contribution < 1.29 is 35.8 Å². The van der Waals surface area contributed by atoms with Gasteiger partial charge in [-0.05, 0) is 29.3 Å². The molecule has 0 saturated heterocycles.